The number of nitro groups is 1. The third-order valence-corrected chi connectivity index (χ3v) is 3.05. The fraction of sp³-hybridized carbons (Fsp3) is 0.143. The SMILES string of the molecule is CNCc1cccc(F)c1Oc1ccc([N+](=O)[O-])cc1Cl. The van der Waals surface area contributed by atoms with Crippen LogP contribution in [0.25, 0.3) is 0 Å². The van der Waals surface area contributed by atoms with Crippen LogP contribution in [0, 0.1) is 15.9 Å². The van der Waals surface area contributed by atoms with E-state index in [-0.39, 0.29) is 22.2 Å². The van der Waals surface area contributed by atoms with E-state index in [1.165, 1.54) is 18.2 Å². The lowest BCUT2D eigenvalue weighted by Gasteiger charge is -2.12. The molecule has 1 N–H and O–H groups in total. The summed E-state index contributed by atoms with van der Waals surface area (Å²) in [7, 11) is 1.73. The predicted molar refractivity (Wildman–Crippen MR) is 77.3 cm³/mol. The maximum Gasteiger partial charge on any atom is 0.271 e. The monoisotopic (exact) mass is 310 g/mol. The van der Waals surface area contributed by atoms with Crippen LogP contribution in [0.4, 0.5) is 10.1 Å². The molecule has 2 aromatic rings. The van der Waals surface area contributed by atoms with E-state index in [4.69, 9.17) is 16.3 Å². The highest BCUT2D eigenvalue weighted by molar-refractivity contribution is 6.32. The zero-order valence-corrected chi connectivity index (χ0v) is 11.9. The van der Waals surface area contributed by atoms with Gasteiger partial charge in [0.1, 0.15) is 5.75 Å². The average molecular weight is 311 g/mol. The Labute approximate surface area is 125 Å². The Morgan fingerprint density at radius 2 is 2.14 bits per heavy atom. The van der Waals surface area contributed by atoms with Crippen molar-refractivity contribution in [2.45, 2.75) is 6.54 Å². The smallest absolute Gasteiger partial charge is 0.271 e. The van der Waals surface area contributed by atoms with Gasteiger partial charge >= 0.3 is 0 Å². The Morgan fingerprint density at radius 3 is 2.76 bits per heavy atom. The van der Waals surface area contributed by atoms with E-state index in [1.807, 2.05) is 0 Å². The van der Waals surface area contributed by atoms with Crippen LogP contribution in [-0.2, 0) is 6.54 Å². The molecule has 0 aliphatic heterocycles. The lowest BCUT2D eigenvalue weighted by atomic mass is 10.2. The number of nitrogens with zero attached hydrogens (tertiary/aromatic N) is 1. The van der Waals surface area contributed by atoms with Gasteiger partial charge in [-0.15, -0.1) is 0 Å². The average Bonchev–Trinajstić information content (AvgIpc) is 2.44. The number of benzene rings is 2. The van der Waals surface area contributed by atoms with Gasteiger partial charge in [-0.05, 0) is 19.2 Å². The van der Waals surface area contributed by atoms with Crippen LogP contribution in [0.5, 0.6) is 11.5 Å². The summed E-state index contributed by atoms with van der Waals surface area (Å²) >= 11 is 5.94. The number of hydrogen-bond donors (Lipinski definition) is 1. The van der Waals surface area contributed by atoms with Crippen LogP contribution in [0.1, 0.15) is 5.56 Å². The molecule has 0 aliphatic rings. The van der Waals surface area contributed by atoms with Crippen LogP contribution in [0.2, 0.25) is 5.02 Å². The second-order valence-electron chi connectivity index (χ2n) is 4.23. The lowest BCUT2D eigenvalue weighted by Crippen LogP contribution is -2.07. The molecule has 5 nitrogen and oxygen atoms in total. The van der Waals surface area contributed by atoms with Gasteiger partial charge in [0.2, 0.25) is 0 Å². The minimum Gasteiger partial charge on any atom is -0.452 e. The fourth-order valence-electron chi connectivity index (χ4n) is 1.79. The van der Waals surface area contributed by atoms with Crippen molar-refractivity contribution in [2.75, 3.05) is 7.05 Å². The van der Waals surface area contributed by atoms with E-state index in [2.05, 4.69) is 5.32 Å². The molecule has 0 saturated carbocycles. The van der Waals surface area contributed by atoms with Crippen molar-refractivity contribution in [1.82, 2.24) is 5.32 Å². The summed E-state index contributed by atoms with van der Waals surface area (Å²) in [5.74, 6) is -0.329. The molecule has 2 aromatic carbocycles. The molecule has 0 amide bonds. The number of rotatable bonds is 5. The van der Waals surface area contributed by atoms with Crippen LogP contribution >= 0.6 is 11.6 Å². The molecule has 0 aliphatic carbocycles. The van der Waals surface area contributed by atoms with Gasteiger partial charge in [-0.3, -0.25) is 10.1 Å². The van der Waals surface area contributed by atoms with Gasteiger partial charge in [-0.2, -0.15) is 0 Å². The summed E-state index contributed by atoms with van der Waals surface area (Å²) in [6, 6.07) is 8.32. The van der Waals surface area contributed by atoms with Crippen LogP contribution in [0.15, 0.2) is 36.4 Å². The molecule has 0 fully saturated rings. The summed E-state index contributed by atoms with van der Waals surface area (Å²) in [6.45, 7) is 0.414. The summed E-state index contributed by atoms with van der Waals surface area (Å²) < 4.78 is 19.4. The van der Waals surface area contributed by atoms with Crippen molar-refractivity contribution < 1.29 is 14.1 Å². The molecule has 21 heavy (non-hydrogen) atoms. The number of halogens is 2. The minimum atomic E-state index is -0.564. The quantitative estimate of drug-likeness (QED) is 0.672. The third-order valence-electron chi connectivity index (χ3n) is 2.75. The maximum absolute atomic E-state index is 13.9. The topological polar surface area (TPSA) is 64.4 Å². The number of nitrogens with one attached hydrogen (secondary N) is 1. The molecule has 110 valence electrons. The van der Waals surface area contributed by atoms with Crippen LogP contribution < -0.4 is 10.1 Å². The highest BCUT2D eigenvalue weighted by Crippen LogP contribution is 2.35. The van der Waals surface area contributed by atoms with Gasteiger partial charge in [0.15, 0.2) is 11.6 Å². The summed E-state index contributed by atoms with van der Waals surface area (Å²) in [4.78, 5) is 10.1. The fourth-order valence-corrected chi connectivity index (χ4v) is 2.01. The van der Waals surface area contributed by atoms with E-state index in [9.17, 15) is 14.5 Å². The van der Waals surface area contributed by atoms with E-state index in [0.717, 1.165) is 6.07 Å². The molecule has 0 saturated heterocycles. The first-order valence-electron chi connectivity index (χ1n) is 6.06. The zero-order valence-electron chi connectivity index (χ0n) is 11.1. The summed E-state index contributed by atoms with van der Waals surface area (Å²) in [5.41, 5.74) is 0.461. The number of non-ortho nitro benzene ring substituents is 1. The van der Waals surface area contributed by atoms with Crippen molar-refractivity contribution in [2.24, 2.45) is 0 Å². The van der Waals surface area contributed by atoms with E-state index in [0.29, 0.717) is 12.1 Å². The number of nitro benzene ring substituents is 1. The Bertz CT molecular complexity index is 679. The lowest BCUT2D eigenvalue weighted by molar-refractivity contribution is -0.384. The predicted octanol–water partition coefficient (Wildman–Crippen LogP) is 3.90. The number of hydrogen-bond acceptors (Lipinski definition) is 4. The molecular weight excluding hydrogens is 299 g/mol. The van der Waals surface area contributed by atoms with Gasteiger partial charge < -0.3 is 10.1 Å². The molecule has 0 spiro atoms. The maximum atomic E-state index is 13.9. The first kappa shape index (κ1) is 15.2. The second-order valence-corrected chi connectivity index (χ2v) is 4.64. The van der Waals surface area contributed by atoms with Gasteiger partial charge in [0, 0.05) is 24.2 Å². The van der Waals surface area contributed by atoms with E-state index >= 15 is 0 Å². The zero-order chi connectivity index (χ0) is 15.4. The highest BCUT2D eigenvalue weighted by atomic mass is 35.5. The molecule has 0 unspecified atom stereocenters. The molecule has 0 heterocycles. The Hall–Kier alpha value is -2.18. The van der Waals surface area contributed by atoms with Gasteiger partial charge in [0.25, 0.3) is 5.69 Å². The molecule has 7 heteroatoms. The van der Waals surface area contributed by atoms with Crippen molar-refractivity contribution in [1.29, 1.82) is 0 Å². The first-order valence-corrected chi connectivity index (χ1v) is 6.44. The molecule has 0 atom stereocenters. The van der Waals surface area contributed by atoms with Crippen molar-refractivity contribution in [3.05, 3.63) is 62.9 Å². The second kappa shape index (κ2) is 6.51. The highest BCUT2D eigenvalue weighted by Gasteiger charge is 2.15. The molecule has 0 bridgehead atoms. The molecule has 0 radical (unpaired) electrons. The standard InChI is InChI=1S/C14H12ClFN2O3/c1-17-8-9-3-2-4-12(16)14(9)21-13-6-5-10(18(19)20)7-11(13)15/h2-7,17H,8H2,1H3. The van der Waals surface area contributed by atoms with Crippen molar-refractivity contribution in [3.8, 4) is 11.5 Å². The number of para-hydroxylation sites is 1. The Morgan fingerprint density at radius 1 is 1.38 bits per heavy atom. The Kier molecular flexibility index (Phi) is 4.72. The molecule has 0 aromatic heterocycles. The summed E-state index contributed by atoms with van der Waals surface area (Å²) in [5, 5.41) is 13.6. The van der Waals surface area contributed by atoms with E-state index in [1.54, 1.807) is 19.2 Å². The number of ether oxygens (including phenoxy) is 1. The third kappa shape index (κ3) is 3.48. The largest absolute Gasteiger partial charge is 0.452 e. The summed E-state index contributed by atoms with van der Waals surface area (Å²) in [6.07, 6.45) is 0. The Balaban J connectivity index is 2.36. The van der Waals surface area contributed by atoms with Crippen LogP contribution in [0.3, 0.4) is 0 Å². The molecular formula is C14H12ClFN2O3. The molecule has 2 rings (SSSR count). The normalized spacial score (nSPS) is 10.4. The van der Waals surface area contributed by atoms with Crippen LogP contribution in [-0.4, -0.2) is 12.0 Å². The minimum absolute atomic E-state index is 0.0441. The van der Waals surface area contributed by atoms with Gasteiger partial charge in [0.05, 0.1) is 9.95 Å². The van der Waals surface area contributed by atoms with Crippen molar-refractivity contribution >= 4 is 17.3 Å². The van der Waals surface area contributed by atoms with Gasteiger partial charge in [-0.25, -0.2) is 4.39 Å². The van der Waals surface area contributed by atoms with Gasteiger partial charge in [-0.1, -0.05) is 23.7 Å². The van der Waals surface area contributed by atoms with E-state index < -0.39 is 10.7 Å². The van der Waals surface area contributed by atoms with Crippen molar-refractivity contribution in [3.63, 3.8) is 0 Å². The first-order chi connectivity index (χ1) is 10.0.